The van der Waals surface area contributed by atoms with E-state index in [1.165, 1.54) is 12.1 Å². The van der Waals surface area contributed by atoms with E-state index in [1.807, 2.05) is 0 Å². The number of hydrogen-bond acceptors (Lipinski definition) is 3. The number of ketones is 1. The largest absolute Gasteiger partial charge is 0.450 e. The zero-order valence-electron chi connectivity index (χ0n) is 9.02. The van der Waals surface area contributed by atoms with Crippen LogP contribution in [0.5, 0.6) is 0 Å². The van der Waals surface area contributed by atoms with Crippen LogP contribution < -0.4 is 0 Å². The van der Waals surface area contributed by atoms with E-state index in [2.05, 4.69) is 0 Å². The van der Waals surface area contributed by atoms with Crippen LogP contribution in [0.15, 0.2) is 28.7 Å². The Balaban J connectivity index is 2.00. The van der Waals surface area contributed by atoms with Crippen LogP contribution in [0, 0.1) is 11.7 Å². The topological polar surface area (TPSA) is 50.4 Å². The molecule has 0 spiro atoms. The second-order valence-electron chi connectivity index (χ2n) is 4.42. The van der Waals surface area contributed by atoms with Gasteiger partial charge in [-0.25, -0.2) is 4.39 Å². The second kappa shape index (κ2) is 3.67. The van der Waals surface area contributed by atoms with Gasteiger partial charge in [0.2, 0.25) is 5.78 Å². The normalized spacial score (nSPS) is 17.3. The second-order valence-corrected chi connectivity index (χ2v) is 4.42. The molecule has 0 amide bonds. The lowest BCUT2D eigenvalue weighted by atomic mass is 10.1. The number of Topliss-reactive ketones (excluding diaryl/α,β-unsaturated/α-hetero) is 1. The van der Waals surface area contributed by atoms with Crippen LogP contribution >= 0.6 is 0 Å². The SMILES string of the molecule is O=C(c1cc2cccc(F)c2o1)C(O)C1CC1. The molecule has 1 aliphatic carbocycles. The fraction of sp³-hybridized carbons (Fsp3) is 0.308. The number of furan rings is 1. The first-order chi connectivity index (χ1) is 8.16. The Labute approximate surface area is 96.8 Å². The van der Waals surface area contributed by atoms with E-state index in [-0.39, 0.29) is 17.3 Å². The summed E-state index contributed by atoms with van der Waals surface area (Å²) < 4.78 is 18.5. The minimum atomic E-state index is -1.02. The summed E-state index contributed by atoms with van der Waals surface area (Å²) in [7, 11) is 0. The number of carbonyl (C=O) groups is 1. The minimum absolute atomic E-state index is 0.0319. The monoisotopic (exact) mass is 234 g/mol. The molecule has 1 N–H and O–H groups in total. The Bertz CT molecular complexity index is 583. The number of para-hydroxylation sites is 1. The Hall–Kier alpha value is -1.68. The smallest absolute Gasteiger partial charge is 0.226 e. The maximum Gasteiger partial charge on any atom is 0.226 e. The van der Waals surface area contributed by atoms with Gasteiger partial charge in [-0.1, -0.05) is 12.1 Å². The molecule has 4 heteroatoms. The first-order valence-corrected chi connectivity index (χ1v) is 5.57. The van der Waals surface area contributed by atoms with E-state index in [4.69, 9.17) is 4.42 Å². The predicted molar refractivity (Wildman–Crippen MR) is 59.2 cm³/mol. The molecular formula is C13H11FO3. The standard InChI is InChI=1S/C13H11FO3/c14-9-3-1-2-8-6-10(17-13(8)9)12(16)11(15)7-4-5-7/h1-3,6-7,11,15H,4-5H2. The van der Waals surface area contributed by atoms with Crippen LogP contribution in [0.4, 0.5) is 4.39 Å². The third kappa shape index (κ3) is 1.74. The predicted octanol–water partition coefficient (Wildman–Crippen LogP) is 2.53. The first kappa shape index (κ1) is 10.5. The number of benzene rings is 1. The van der Waals surface area contributed by atoms with Crippen LogP contribution in [0.25, 0.3) is 11.0 Å². The van der Waals surface area contributed by atoms with Crippen molar-refractivity contribution in [3.63, 3.8) is 0 Å². The highest BCUT2D eigenvalue weighted by Gasteiger charge is 2.36. The summed E-state index contributed by atoms with van der Waals surface area (Å²) in [6, 6.07) is 5.98. The van der Waals surface area contributed by atoms with Gasteiger partial charge in [-0.2, -0.15) is 0 Å². The van der Waals surface area contributed by atoms with Crippen molar-refractivity contribution in [3.8, 4) is 0 Å². The number of halogens is 1. The van der Waals surface area contributed by atoms with Crippen molar-refractivity contribution in [2.75, 3.05) is 0 Å². The Kier molecular flexibility index (Phi) is 2.26. The lowest BCUT2D eigenvalue weighted by Crippen LogP contribution is -2.21. The van der Waals surface area contributed by atoms with Crippen molar-refractivity contribution < 1.29 is 18.7 Å². The van der Waals surface area contributed by atoms with E-state index in [0.717, 1.165) is 12.8 Å². The summed E-state index contributed by atoms with van der Waals surface area (Å²) in [4.78, 5) is 11.8. The summed E-state index contributed by atoms with van der Waals surface area (Å²) in [6.07, 6.45) is 0.710. The van der Waals surface area contributed by atoms with Gasteiger partial charge in [-0.3, -0.25) is 4.79 Å². The molecule has 2 aromatic rings. The lowest BCUT2D eigenvalue weighted by molar-refractivity contribution is 0.0676. The van der Waals surface area contributed by atoms with Crippen molar-refractivity contribution in [2.24, 2.45) is 5.92 Å². The fourth-order valence-corrected chi connectivity index (χ4v) is 1.92. The zero-order chi connectivity index (χ0) is 12.0. The van der Waals surface area contributed by atoms with Gasteiger partial charge in [0.1, 0.15) is 6.10 Å². The molecule has 3 nitrogen and oxygen atoms in total. The average molecular weight is 234 g/mol. The summed E-state index contributed by atoms with van der Waals surface area (Å²) in [5.41, 5.74) is 0.0684. The average Bonchev–Trinajstić information content (AvgIpc) is 3.07. The van der Waals surface area contributed by atoms with Gasteiger partial charge in [-0.05, 0) is 30.9 Å². The molecule has 1 saturated carbocycles. The molecule has 1 aromatic carbocycles. The molecule has 1 aliphatic rings. The third-order valence-electron chi connectivity index (χ3n) is 3.08. The molecule has 3 rings (SSSR count). The van der Waals surface area contributed by atoms with Gasteiger partial charge < -0.3 is 9.52 Å². The van der Waals surface area contributed by atoms with E-state index in [9.17, 15) is 14.3 Å². The van der Waals surface area contributed by atoms with Crippen LogP contribution in [0.3, 0.4) is 0 Å². The Morgan fingerprint density at radius 3 is 2.88 bits per heavy atom. The molecule has 0 saturated heterocycles. The van der Waals surface area contributed by atoms with Gasteiger partial charge in [-0.15, -0.1) is 0 Å². The van der Waals surface area contributed by atoms with Gasteiger partial charge in [0.25, 0.3) is 0 Å². The van der Waals surface area contributed by atoms with Gasteiger partial charge >= 0.3 is 0 Å². The van der Waals surface area contributed by atoms with Gasteiger partial charge in [0.05, 0.1) is 0 Å². The van der Waals surface area contributed by atoms with Crippen molar-refractivity contribution in [1.82, 2.24) is 0 Å². The molecule has 1 fully saturated rings. The van der Waals surface area contributed by atoms with E-state index in [1.54, 1.807) is 12.1 Å². The van der Waals surface area contributed by atoms with E-state index >= 15 is 0 Å². The molecular weight excluding hydrogens is 223 g/mol. The molecule has 88 valence electrons. The quantitative estimate of drug-likeness (QED) is 0.830. The van der Waals surface area contributed by atoms with Crippen LogP contribution in [0.2, 0.25) is 0 Å². The summed E-state index contributed by atoms with van der Waals surface area (Å²) >= 11 is 0. The van der Waals surface area contributed by atoms with Crippen LogP contribution in [-0.2, 0) is 0 Å². The number of aliphatic hydroxyl groups excluding tert-OH is 1. The number of fused-ring (bicyclic) bond motifs is 1. The van der Waals surface area contributed by atoms with Gasteiger partial charge in [0.15, 0.2) is 17.2 Å². The zero-order valence-corrected chi connectivity index (χ0v) is 9.02. The summed E-state index contributed by atoms with van der Waals surface area (Å²) in [5.74, 6) is -0.879. The minimum Gasteiger partial charge on any atom is -0.450 e. The van der Waals surface area contributed by atoms with Crippen molar-refractivity contribution >= 4 is 16.8 Å². The fourth-order valence-electron chi connectivity index (χ4n) is 1.92. The highest BCUT2D eigenvalue weighted by atomic mass is 19.1. The molecule has 1 unspecified atom stereocenters. The highest BCUT2D eigenvalue weighted by molar-refractivity contribution is 6.00. The third-order valence-corrected chi connectivity index (χ3v) is 3.08. The molecule has 17 heavy (non-hydrogen) atoms. The maximum atomic E-state index is 13.4. The summed E-state index contributed by atoms with van der Waals surface area (Å²) in [5, 5.41) is 10.2. The van der Waals surface area contributed by atoms with E-state index in [0.29, 0.717) is 5.39 Å². The van der Waals surface area contributed by atoms with Crippen LogP contribution in [0.1, 0.15) is 23.4 Å². The van der Waals surface area contributed by atoms with Crippen molar-refractivity contribution in [1.29, 1.82) is 0 Å². The lowest BCUT2D eigenvalue weighted by Gasteiger charge is -2.04. The maximum absolute atomic E-state index is 13.4. The molecule has 1 atom stereocenters. The van der Waals surface area contributed by atoms with Crippen LogP contribution in [-0.4, -0.2) is 17.0 Å². The number of carbonyl (C=O) groups excluding carboxylic acids is 1. The van der Waals surface area contributed by atoms with E-state index < -0.39 is 17.7 Å². The number of hydrogen-bond donors (Lipinski definition) is 1. The molecule has 0 radical (unpaired) electrons. The van der Waals surface area contributed by atoms with Crippen molar-refractivity contribution in [3.05, 3.63) is 35.8 Å². The molecule has 0 bridgehead atoms. The first-order valence-electron chi connectivity index (χ1n) is 5.57. The molecule has 1 aromatic heterocycles. The highest BCUT2D eigenvalue weighted by Crippen LogP contribution is 2.34. The number of rotatable bonds is 3. The van der Waals surface area contributed by atoms with Gasteiger partial charge in [0, 0.05) is 5.39 Å². The number of aliphatic hydroxyl groups is 1. The van der Waals surface area contributed by atoms with Crippen molar-refractivity contribution in [2.45, 2.75) is 18.9 Å². The summed E-state index contributed by atoms with van der Waals surface area (Å²) in [6.45, 7) is 0. The molecule has 1 heterocycles. The molecule has 0 aliphatic heterocycles. The Morgan fingerprint density at radius 1 is 1.47 bits per heavy atom. The Morgan fingerprint density at radius 2 is 2.24 bits per heavy atom.